The summed E-state index contributed by atoms with van der Waals surface area (Å²) in [6.07, 6.45) is 9.82. The van der Waals surface area contributed by atoms with Crippen molar-refractivity contribution in [2.45, 2.75) is 63.8 Å². The predicted octanol–water partition coefficient (Wildman–Crippen LogP) is 2.90. The number of nitrogens with zero attached hydrogens (tertiary/aromatic N) is 4. The molecule has 0 saturated heterocycles. The molecule has 1 N–H and O–H groups in total. The van der Waals surface area contributed by atoms with Crippen LogP contribution in [0.1, 0.15) is 68.1 Å². The second kappa shape index (κ2) is 5.02. The van der Waals surface area contributed by atoms with E-state index in [2.05, 4.69) is 20.6 Å². The molecule has 2 aromatic rings. The minimum Gasteiger partial charge on any atom is -0.349 e. The van der Waals surface area contributed by atoms with Gasteiger partial charge in [-0.3, -0.25) is 4.79 Å². The van der Waals surface area contributed by atoms with Gasteiger partial charge < -0.3 is 5.32 Å². The Hall–Kier alpha value is -1.50. The van der Waals surface area contributed by atoms with Gasteiger partial charge in [-0.2, -0.15) is 9.61 Å². The lowest BCUT2D eigenvalue weighted by Gasteiger charge is -2.55. The minimum atomic E-state index is -0.0765. The molecule has 25 heavy (non-hydrogen) atoms. The van der Waals surface area contributed by atoms with E-state index in [1.807, 2.05) is 4.52 Å². The van der Waals surface area contributed by atoms with E-state index >= 15 is 0 Å². The van der Waals surface area contributed by atoms with Crippen molar-refractivity contribution in [2.75, 3.05) is 0 Å². The molecular weight excluding hydrogens is 334 g/mol. The van der Waals surface area contributed by atoms with Crippen LogP contribution in [0.5, 0.6) is 0 Å². The molecule has 0 aromatic carbocycles. The minimum absolute atomic E-state index is 0.0765. The molecule has 0 atom stereocenters. The molecule has 0 spiro atoms. The van der Waals surface area contributed by atoms with E-state index in [9.17, 15) is 4.79 Å². The lowest BCUT2D eigenvalue weighted by molar-refractivity contribution is -0.146. The van der Waals surface area contributed by atoms with E-state index in [-0.39, 0.29) is 11.3 Å². The Morgan fingerprint density at radius 1 is 1.12 bits per heavy atom. The third kappa shape index (κ3) is 2.27. The first-order valence-corrected chi connectivity index (χ1v) is 10.5. The zero-order valence-electron chi connectivity index (χ0n) is 14.3. The fourth-order valence-corrected chi connectivity index (χ4v) is 6.85. The van der Waals surface area contributed by atoms with Gasteiger partial charge in [0.15, 0.2) is 5.82 Å². The van der Waals surface area contributed by atoms with Crippen LogP contribution in [0, 0.1) is 23.2 Å². The standard InChI is InChI=1S/C18H23N5OS/c24-16(18-6-10-3-11(7-18)5-12(4-10)8-18)19-9-14-22-23-15(13-1-2-13)20-21-17(23)25-14/h10-13H,1-9H2,(H,19,24). The van der Waals surface area contributed by atoms with Gasteiger partial charge in [0.1, 0.15) is 5.01 Å². The third-order valence-electron chi connectivity index (χ3n) is 6.92. The van der Waals surface area contributed by atoms with E-state index in [0.29, 0.717) is 12.5 Å². The molecule has 5 saturated carbocycles. The highest BCUT2D eigenvalue weighted by atomic mass is 32.1. The highest BCUT2D eigenvalue weighted by Crippen LogP contribution is 2.60. The van der Waals surface area contributed by atoms with Crippen molar-refractivity contribution in [1.29, 1.82) is 0 Å². The SMILES string of the molecule is O=C(NCc1nn2c(C3CC3)nnc2s1)C12CC3CC(CC(C3)C1)C2. The number of amides is 1. The molecule has 2 heterocycles. The summed E-state index contributed by atoms with van der Waals surface area (Å²) >= 11 is 1.55. The molecule has 7 rings (SSSR count). The normalized spacial score (nSPS) is 36.2. The number of carbonyl (C=O) groups is 1. The highest BCUT2D eigenvalue weighted by molar-refractivity contribution is 7.16. The molecule has 4 bridgehead atoms. The molecule has 2 aromatic heterocycles. The number of carbonyl (C=O) groups excluding carboxylic acids is 1. The van der Waals surface area contributed by atoms with Gasteiger partial charge in [-0.15, -0.1) is 10.2 Å². The first kappa shape index (κ1) is 14.6. The number of rotatable bonds is 4. The number of fused-ring (bicyclic) bond motifs is 1. The predicted molar refractivity (Wildman–Crippen MR) is 93.1 cm³/mol. The van der Waals surface area contributed by atoms with Crippen LogP contribution < -0.4 is 5.32 Å². The summed E-state index contributed by atoms with van der Waals surface area (Å²) in [6.45, 7) is 0.527. The molecule has 7 heteroatoms. The molecule has 5 fully saturated rings. The van der Waals surface area contributed by atoms with Gasteiger partial charge in [0.25, 0.3) is 0 Å². The maximum atomic E-state index is 13.0. The van der Waals surface area contributed by atoms with Crippen molar-refractivity contribution in [3.05, 3.63) is 10.8 Å². The molecule has 1 amide bonds. The molecule has 0 aliphatic heterocycles. The summed E-state index contributed by atoms with van der Waals surface area (Å²) in [5.74, 6) is 4.20. The van der Waals surface area contributed by atoms with E-state index in [1.165, 1.54) is 32.1 Å². The number of aromatic nitrogens is 4. The fraction of sp³-hybridized carbons (Fsp3) is 0.778. The number of hydrogen-bond donors (Lipinski definition) is 1. The maximum absolute atomic E-state index is 13.0. The fourth-order valence-electron chi connectivity index (χ4n) is 6.07. The van der Waals surface area contributed by atoms with Crippen LogP contribution in [0.2, 0.25) is 0 Å². The van der Waals surface area contributed by atoms with Crippen molar-refractivity contribution in [3.8, 4) is 0 Å². The zero-order chi connectivity index (χ0) is 16.6. The number of nitrogens with one attached hydrogen (secondary N) is 1. The van der Waals surface area contributed by atoms with Crippen LogP contribution >= 0.6 is 11.3 Å². The molecular formula is C18H23N5OS. The van der Waals surface area contributed by atoms with Crippen LogP contribution in [-0.2, 0) is 11.3 Å². The van der Waals surface area contributed by atoms with Crippen molar-refractivity contribution in [2.24, 2.45) is 23.2 Å². The van der Waals surface area contributed by atoms with Crippen LogP contribution in [-0.4, -0.2) is 25.7 Å². The van der Waals surface area contributed by atoms with Crippen LogP contribution in [0.4, 0.5) is 0 Å². The molecule has 6 nitrogen and oxygen atoms in total. The van der Waals surface area contributed by atoms with Gasteiger partial charge in [0.2, 0.25) is 10.9 Å². The zero-order valence-corrected chi connectivity index (χ0v) is 15.1. The van der Waals surface area contributed by atoms with Gasteiger partial charge in [0, 0.05) is 11.3 Å². The van der Waals surface area contributed by atoms with E-state index in [0.717, 1.165) is 52.8 Å². The molecule has 0 radical (unpaired) electrons. The Kier molecular flexibility index (Phi) is 2.94. The lowest BCUT2D eigenvalue weighted by atomic mass is 9.49. The maximum Gasteiger partial charge on any atom is 0.234 e. The first-order chi connectivity index (χ1) is 12.2. The summed E-state index contributed by atoms with van der Waals surface area (Å²) in [6, 6.07) is 0. The quantitative estimate of drug-likeness (QED) is 0.913. The Bertz CT molecular complexity index is 816. The summed E-state index contributed by atoms with van der Waals surface area (Å²) in [5, 5.41) is 17.3. The summed E-state index contributed by atoms with van der Waals surface area (Å²) in [5.41, 5.74) is -0.0765. The third-order valence-corrected chi connectivity index (χ3v) is 7.82. The second-order valence-electron chi connectivity index (χ2n) is 8.90. The molecule has 5 aliphatic carbocycles. The topological polar surface area (TPSA) is 72.2 Å². The second-order valence-corrected chi connectivity index (χ2v) is 9.94. The Balaban J connectivity index is 1.19. The molecule has 0 unspecified atom stereocenters. The average molecular weight is 357 g/mol. The smallest absolute Gasteiger partial charge is 0.234 e. The van der Waals surface area contributed by atoms with Crippen molar-refractivity contribution < 1.29 is 4.79 Å². The lowest BCUT2D eigenvalue weighted by Crippen LogP contribution is -2.53. The summed E-state index contributed by atoms with van der Waals surface area (Å²) in [7, 11) is 0. The Morgan fingerprint density at radius 3 is 2.44 bits per heavy atom. The van der Waals surface area contributed by atoms with Crippen LogP contribution in [0.25, 0.3) is 4.96 Å². The molecule has 132 valence electrons. The van der Waals surface area contributed by atoms with E-state index in [4.69, 9.17) is 0 Å². The first-order valence-electron chi connectivity index (χ1n) is 9.68. The Morgan fingerprint density at radius 2 is 1.80 bits per heavy atom. The van der Waals surface area contributed by atoms with Crippen molar-refractivity contribution >= 4 is 22.2 Å². The summed E-state index contributed by atoms with van der Waals surface area (Å²) < 4.78 is 1.88. The number of hydrogen-bond acceptors (Lipinski definition) is 5. The van der Waals surface area contributed by atoms with Gasteiger partial charge in [-0.25, -0.2) is 0 Å². The molecule has 5 aliphatic rings. The van der Waals surface area contributed by atoms with Gasteiger partial charge in [0.05, 0.1) is 6.54 Å². The largest absolute Gasteiger partial charge is 0.349 e. The Labute approximate surface area is 150 Å². The monoisotopic (exact) mass is 357 g/mol. The van der Waals surface area contributed by atoms with Gasteiger partial charge >= 0.3 is 0 Å². The average Bonchev–Trinajstić information content (AvgIpc) is 3.21. The van der Waals surface area contributed by atoms with Gasteiger partial charge in [-0.05, 0) is 69.1 Å². The van der Waals surface area contributed by atoms with Crippen molar-refractivity contribution in [1.82, 2.24) is 25.1 Å². The van der Waals surface area contributed by atoms with E-state index in [1.54, 1.807) is 11.3 Å². The van der Waals surface area contributed by atoms with Crippen LogP contribution in [0.15, 0.2) is 0 Å². The van der Waals surface area contributed by atoms with Crippen LogP contribution in [0.3, 0.4) is 0 Å². The summed E-state index contributed by atoms with van der Waals surface area (Å²) in [4.78, 5) is 13.9. The highest BCUT2D eigenvalue weighted by Gasteiger charge is 2.54. The van der Waals surface area contributed by atoms with E-state index < -0.39 is 0 Å². The van der Waals surface area contributed by atoms with Crippen molar-refractivity contribution in [3.63, 3.8) is 0 Å². The van der Waals surface area contributed by atoms with Gasteiger partial charge in [-0.1, -0.05) is 11.3 Å².